The summed E-state index contributed by atoms with van der Waals surface area (Å²) in [5.41, 5.74) is 1.15. The minimum atomic E-state index is -0.597. The van der Waals surface area contributed by atoms with E-state index in [4.69, 9.17) is 4.74 Å². The normalized spacial score (nSPS) is 17.6. The molecule has 0 saturated carbocycles. The zero-order chi connectivity index (χ0) is 20.8. The molecule has 2 atom stereocenters. The number of aldehydes is 1. The summed E-state index contributed by atoms with van der Waals surface area (Å²) in [6.07, 6.45) is 1.88. The standard InChI is InChI=1S/C21H24N2O5S/c1-14(25)10-18-16(4-3-7-22-18)21(27)23-8-9-29-13-15(23)12-28-20-6-2-5-19(26)17(20)11-24/h2-7,11,14-15,25-26H,8-10,12-13H2,1H3/t14-,15-/m1/s1. The molecule has 1 fully saturated rings. The number of hydrogen-bond acceptors (Lipinski definition) is 7. The quantitative estimate of drug-likeness (QED) is 0.667. The molecule has 2 N–H and O–H groups in total. The number of benzene rings is 1. The van der Waals surface area contributed by atoms with Crippen LogP contribution in [0.3, 0.4) is 0 Å². The van der Waals surface area contributed by atoms with Gasteiger partial charge in [0.2, 0.25) is 0 Å². The van der Waals surface area contributed by atoms with Crippen LogP contribution >= 0.6 is 11.8 Å². The SMILES string of the molecule is C[C@@H](O)Cc1ncccc1C(=O)N1CCSC[C@H]1COc1cccc(O)c1C=O. The summed E-state index contributed by atoms with van der Waals surface area (Å²) in [5, 5.41) is 19.5. The Kier molecular flexibility index (Phi) is 7.11. The van der Waals surface area contributed by atoms with Gasteiger partial charge in [-0.05, 0) is 31.2 Å². The highest BCUT2D eigenvalue weighted by Gasteiger charge is 2.30. The van der Waals surface area contributed by atoms with Gasteiger partial charge >= 0.3 is 0 Å². The van der Waals surface area contributed by atoms with E-state index in [-0.39, 0.29) is 29.9 Å². The minimum absolute atomic E-state index is 0.0975. The van der Waals surface area contributed by atoms with Gasteiger partial charge in [0.05, 0.1) is 29.0 Å². The van der Waals surface area contributed by atoms with Crippen LogP contribution in [0.25, 0.3) is 0 Å². The number of phenolic OH excluding ortho intramolecular Hbond substituents is 1. The first kappa shape index (κ1) is 21.1. The predicted octanol–water partition coefficient (Wildman–Crippen LogP) is 2.16. The molecule has 1 aliphatic rings. The second-order valence-electron chi connectivity index (χ2n) is 6.90. The number of nitrogens with zero attached hydrogens (tertiary/aromatic N) is 2. The molecule has 8 heteroatoms. The van der Waals surface area contributed by atoms with E-state index in [0.29, 0.717) is 42.0 Å². The van der Waals surface area contributed by atoms with Gasteiger partial charge in [0.25, 0.3) is 5.91 Å². The number of thioether (sulfide) groups is 1. The van der Waals surface area contributed by atoms with Crippen LogP contribution < -0.4 is 4.74 Å². The summed E-state index contributed by atoms with van der Waals surface area (Å²) in [5.74, 6) is 1.53. The molecule has 1 amide bonds. The second kappa shape index (κ2) is 9.76. The largest absolute Gasteiger partial charge is 0.507 e. The number of aromatic hydroxyl groups is 1. The van der Waals surface area contributed by atoms with Crippen molar-refractivity contribution in [2.45, 2.75) is 25.5 Å². The number of phenols is 1. The average molecular weight is 416 g/mol. The molecule has 0 bridgehead atoms. The average Bonchev–Trinajstić information content (AvgIpc) is 2.72. The van der Waals surface area contributed by atoms with Gasteiger partial charge in [-0.1, -0.05) is 6.07 Å². The third-order valence-corrected chi connectivity index (χ3v) is 5.78. The van der Waals surface area contributed by atoms with E-state index in [9.17, 15) is 19.8 Å². The van der Waals surface area contributed by atoms with Gasteiger partial charge in [-0.3, -0.25) is 14.6 Å². The second-order valence-corrected chi connectivity index (χ2v) is 8.05. The molecular formula is C21H24N2O5S. The van der Waals surface area contributed by atoms with Gasteiger partial charge in [0, 0.05) is 30.7 Å². The zero-order valence-corrected chi connectivity index (χ0v) is 17.0. The van der Waals surface area contributed by atoms with Crippen LogP contribution in [0.1, 0.15) is 33.3 Å². The molecule has 154 valence electrons. The number of aliphatic hydroxyl groups excluding tert-OH is 1. The Hall–Kier alpha value is -2.58. The van der Waals surface area contributed by atoms with Crippen molar-refractivity contribution in [2.75, 3.05) is 24.7 Å². The molecule has 1 saturated heterocycles. The Morgan fingerprint density at radius 3 is 3.00 bits per heavy atom. The molecule has 0 aliphatic carbocycles. The number of rotatable bonds is 7. The first-order valence-electron chi connectivity index (χ1n) is 9.42. The summed E-state index contributed by atoms with van der Waals surface area (Å²) >= 11 is 1.73. The van der Waals surface area contributed by atoms with Crippen LogP contribution in [0.5, 0.6) is 11.5 Å². The smallest absolute Gasteiger partial charge is 0.256 e. The van der Waals surface area contributed by atoms with Crippen molar-refractivity contribution in [3.05, 3.63) is 53.3 Å². The Balaban J connectivity index is 1.78. The van der Waals surface area contributed by atoms with E-state index < -0.39 is 6.10 Å². The number of ether oxygens (including phenoxy) is 1. The molecule has 1 aliphatic heterocycles. The third-order valence-electron chi connectivity index (χ3n) is 4.69. The Labute approximate surface area is 173 Å². The lowest BCUT2D eigenvalue weighted by Gasteiger charge is -2.35. The fourth-order valence-electron chi connectivity index (χ4n) is 3.25. The summed E-state index contributed by atoms with van der Waals surface area (Å²) in [4.78, 5) is 30.5. The van der Waals surface area contributed by atoms with Gasteiger partial charge in [-0.2, -0.15) is 11.8 Å². The Morgan fingerprint density at radius 2 is 2.24 bits per heavy atom. The van der Waals surface area contributed by atoms with Crippen molar-refractivity contribution in [3.63, 3.8) is 0 Å². The van der Waals surface area contributed by atoms with Crippen molar-refractivity contribution in [1.82, 2.24) is 9.88 Å². The molecule has 0 unspecified atom stereocenters. The molecule has 1 aromatic carbocycles. The van der Waals surface area contributed by atoms with E-state index in [2.05, 4.69) is 4.98 Å². The number of amides is 1. The van der Waals surface area contributed by atoms with Gasteiger partial charge in [-0.25, -0.2) is 0 Å². The summed E-state index contributed by atoms with van der Waals surface area (Å²) < 4.78 is 5.81. The molecule has 2 aromatic rings. The van der Waals surface area contributed by atoms with E-state index in [1.165, 1.54) is 6.07 Å². The minimum Gasteiger partial charge on any atom is -0.507 e. The van der Waals surface area contributed by atoms with Gasteiger partial charge in [0.1, 0.15) is 18.1 Å². The van der Waals surface area contributed by atoms with Crippen LogP contribution in [0.2, 0.25) is 0 Å². The fourth-order valence-corrected chi connectivity index (χ4v) is 4.29. The number of aliphatic hydroxyl groups is 1. The van der Waals surface area contributed by atoms with Crippen LogP contribution in [0.15, 0.2) is 36.5 Å². The lowest BCUT2D eigenvalue weighted by atomic mass is 10.1. The third kappa shape index (κ3) is 5.07. The number of carbonyl (C=O) groups excluding carboxylic acids is 2. The number of pyridine rings is 1. The van der Waals surface area contributed by atoms with Gasteiger partial charge < -0.3 is 19.8 Å². The van der Waals surface area contributed by atoms with Crippen LogP contribution in [0.4, 0.5) is 0 Å². The van der Waals surface area contributed by atoms with Crippen molar-refractivity contribution < 1.29 is 24.5 Å². The van der Waals surface area contributed by atoms with E-state index in [1.807, 2.05) is 0 Å². The molecule has 1 aromatic heterocycles. The fraction of sp³-hybridized carbons (Fsp3) is 0.381. The summed E-state index contributed by atoms with van der Waals surface area (Å²) in [7, 11) is 0. The first-order chi connectivity index (χ1) is 14.0. The molecule has 29 heavy (non-hydrogen) atoms. The predicted molar refractivity (Wildman–Crippen MR) is 111 cm³/mol. The highest BCUT2D eigenvalue weighted by molar-refractivity contribution is 7.99. The van der Waals surface area contributed by atoms with E-state index in [1.54, 1.807) is 54.0 Å². The van der Waals surface area contributed by atoms with Crippen LogP contribution in [-0.2, 0) is 6.42 Å². The highest BCUT2D eigenvalue weighted by Crippen LogP contribution is 2.27. The van der Waals surface area contributed by atoms with Crippen LogP contribution in [0, 0.1) is 0 Å². The summed E-state index contributed by atoms with van der Waals surface area (Å²) in [6.45, 7) is 2.44. The molecule has 0 radical (unpaired) electrons. The summed E-state index contributed by atoms with van der Waals surface area (Å²) in [6, 6.07) is 7.90. The maximum absolute atomic E-state index is 13.2. The number of carbonyl (C=O) groups is 2. The number of hydrogen-bond donors (Lipinski definition) is 2. The Morgan fingerprint density at radius 1 is 1.41 bits per heavy atom. The van der Waals surface area contributed by atoms with E-state index >= 15 is 0 Å². The van der Waals surface area contributed by atoms with Gasteiger partial charge in [0.15, 0.2) is 6.29 Å². The number of aromatic nitrogens is 1. The molecular weight excluding hydrogens is 392 g/mol. The molecule has 7 nitrogen and oxygen atoms in total. The zero-order valence-electron chi connectivity index (χ0n) is 16.2. The Bertz CT molecular complexity index is 874. The maximum Gasteiger partial charge on any atom is 0.256 e. The van der Waals surface area contributed by atoms with Crippen molar-refractivity contribution in [1.29, 1.82) is 0 Å². The van der Waals surface area contributed by atoms with Crippen LogP contribution in [-0.4, -0.2) is 69.1 Å². The monoisotopic (exact) mass is 416 g/mol. The topological polar surface area (TPSA) is 100.0 Å². The van der Waals surface area contributed by atoms with Gasteiger partial charge in [-0.15, -0.1) is 0 Å². The van der Waals surface area contributed by atoms with Crippen molar-refractivity contribution >= 4 is 24.0 Å². The molecule has 0 spiro atoms. The molecule has 2 heterocycles. The molecule has 3 rings (SSSR count). The van der Waals surface area contributed by atoms with Crippen molar-refractivity contribution in [3.8, 4) is 11.5 Å². The maximum atomic E-state index is 13.2. The highest BCUT2D eigenvalue weighted by atomic mass is 32.2. The first-order valence-corrected chi connectivity index (χ1v) is 10.6. The van der Waals surface area contributed by atoms with Crippen molar-refractivity contribution in [2.24, 2.45) is 0 Å². The lowest BCUT2D eigenvalue weighted by molar-refractivity contribution is 0.0644. The van der Waals surface area contributed by atoms with E-state index in [0.717, 1.165) is 5.75 Å². The lowest BCUT2D eigenvalue weighted by Crippen LogP contribution is -2.49.